The van der Waals surface area contributed by atoms with E-state index in [0.29, 0.717) is 10.7 Å². The van der Waals surface area contributed by atoms with Crippen molar-refractivity contribution in [2.45, 2.75) is 6.92 Å². The van der Waals surface area contributed by atoms with Gasteiger partial charge < -0.3 is 5.73 Å². The van der Waals surface area contributed by atoms with Crippen LogP contribution in [-0.4, -0.2) is 4.98 Å². The molecule has 0 aliphatic rings. The molecule has 1 heterocycles. The summed E-state index contributed by atoms with van der Waals surface area (Å²) in [5.74, 6) is 0. The van der Waals surface area contributed by atoms with Gasteiger partial charge in [0.25, 0.3) is 0 Å². The van der Waals surface area contributed by atoms with E-state index in [4.69, 9.17) is 17.3 Å². The molecular formula is C14H11ClN2S. The number of halogens is 1. The van der Waals surface area contributed by atoms with Crippen LogP contribution in [0.1, 0.15) is 5.56 Å². The standard InChI is InChI=1S/C14H11ClN2S/c1-8-2-3-13-12(4-8)17-14(18-13)9-5-10(15)7-11(16)6-9/h2-7H,16H2,1H3. The Morgan fingerprint density at radius 3 is 2.78 bits per heavy atom. The minimum Gasteiger partial charge on any atom is -0.399 e. The molecule has 18 heavy (non-hydrogen) atoms. The second-order valence-corrected chi connectivity index (χ2v) is 5.73. The third kappa shape index (κ3) is 2.07. The van der Waals surface area contributed by atoms with Crippen LogP contribution in [0.25, 0.3) is 20.8 Å². The fourth-order valence-corrected chi connectivity index (χ4v) is 3.07. The second kappa shape index (κ2) is 4.26. The normalized spacial score (nSPS) is 11.0. The highest BCUT2D eigenvalue weighted by molar-refractivity contribution is 7.21. The Morgan fingerprint density at radius 2 is 2.00 bits per heavy atom. The molecular weight excluding hydrogens is 264 g/mol. The summed E-state index contributed by atoms with van der Waals surface area (Å²) >= 11 is 7.67. The van der Waals surface area contributed by atoms with E-state index in [1.165, 1.54) is 10.3 Å². The van der Waals surface area contributed by atoms with Gasteiger partial charge in [0.2, 0.25) is 0 Å². The molecule has 90 valence electrons. The summed E-state index contributed by atoms with van der Waals surface area (Å²) in [6, 6.07) is 11.8. The lowest BCUT2D eigenvalue weighted by atomic mass is 10.2. The molecule has 2 aromatic carbocycles. The summed E-state index contributed by atoms with van der Waals surface area (Å²) in [5.41, 5.74) is 9.67. The van der Waals surface area contributed by atoms with Crippen molar-refractivity contribution in [3.63, 3.8) is 0 Å². The number of aryl methyl sites for hydroxylation is 1. The van der Waals surface area contributed by atoms with Gasteiger partial charge in [-0.1, -0.05) is 17.7 Å². The van der Waals surface area contributed by atoms with E-state index < -0.39 is 0 Å². The van der Waals surface area contributed by atoms with Gasteiger partial charge in [-0.05, 0) is 42.8 Å². The summed E-state index contributed by atoms with van der Waals surface area (Å²) in [6.45, 7) is 2.07. The number of fused-ring (bicyclic) bond motifs is 1. The predicted molar refractivity (Wildman–Crippen MR) is 79.2 cm³/mol. The van der Waals surface area contributed by atoms with Crippen molar-refractivity contribution < 1.29 is 0 Å². The van der Waals surface area contributed by atoms with Gasteiger partial charge in [0.1, 0.15) is 5.01 Å². The van der Waals surface area contributed by atoms with Crippen LogP contribution in [-0.2, 0) is 0 Å². The highest BCUT2D eigenvalue weighted by Crippen LogP contribution is 2.33. The molecule has 4 heteroatoms. The second-order valence-electron chi connectivity index (χ2n) is 4.26. The first-order valence-electron chi connectivity index (χ1n) is 5.55. The van der Waals surface area contributed by atoms with E-state index in [1.54, 1.807) is 17.4 Å². The van der Waals surface area contributed by atoms with Crippen LogP contribution < -0.4 is 5.73 Å². The molecule has 0 aliphatic heterocycles. The zero-order chi connectivity index (χ0) is 12.7. The van der Waals surface area contributed by atoms with Crippen molar-refractivity contribution in [3.05, 3.63) is 47.0 Å². The number of nitrogens with two attached hydrogens (primary N) is 1. The number of anilines is 1. The Hall–Kier alpha value is -1.58. The first-order chi connectivity index (χ1) is 8.61. The number of nitrogens with zero attached hydrogens (tertiary/aromatic N) is 1. The minimum atomic E-state index is 0.639. The van der Waals surface area contributed by atoms with Gasteiger partial charge in [0.15, 0.2) is 0 Å². The Bertz CT molecular complexity index is 713. The molecule has 2 N–H and O–H groups in total. The molecule has 0 saturated heterocycles. The van der Waals surface area contributed by atoms with Gasteiger partial charge in [0.05, 0.1) is 10.2 Å². The van der Waals surface area contributed by atoms with Crippen molar-refractivity contribution >= 4 is 38.8 Å². The Kier molecular flexibility index (Phi) is 2.73. The molecule has 0 fully saturated rings. The summed E-state index contributed by atoms with van der Waals surface area (Å²) in [5, 5.41) is 1.59. The number of aromatic nitrogens is 1. The Balaban J connectivity index is 2.19. The maximum absolute atomic E-state index is 6.02. The molecule has 1 aromatic heterocycles. The van der Waals surface area contributed by atoms with Crippen LogP contribution in [0.15, 0.2) is 36.4 Å². The van der Waals surface area contributed by atoms with Crippen molar-refractivity contribution in [1.29, 1.82) is 0 Å². The van der Waals surface area contributed by atoms with Crippen LogP contribution >= 0.6 is 22.9 Å². The molecule has 3 aromatic rings. The number of nitrogen functional groups attached to an aromatic ring is 1. The first-order valence-corrected chi connectivity index (χ1v) is 6.75. The van der Waals surface area contributed by atoms with E-state index >= 15 is 0 Å². The molecule has 0 saturated carbocycles. The molecule has 0 aliphatic carbocycles. The van der Waals surface area contributed by atoms with E-state index in [9.17, 15) is 0 Å². The molecule has 0 amide bonds. The largest absolute Gasteiger partial charge is 0.399 e. The quantitative estimate of drug-likeness (QED) is 0.663. The van der Waals surface area contributed by atoms with Crippen LogP contribution in [0, 0.1) is 6.92 Å². The van der Waals surface area contributed by atoms with Gasteiger partial charge in [-0.2, -0.15) is 0 Å². The van der Waals surface area contributed by atoms with E-state index in [1.807, 2.05) is 12.1 Å². The van der Waals surface area contributed by atoms with Gasteiger partial charge in [-0.3, -0.25) is 0 Å². The molecule has 3 rings (SSSR count). The predicted octanol–water partition coefficient (Wildman–Crippen LogP) is 4.51. The molecule has 0 atom stereocenters. The van der Waals surface area contributed by atoms with Gasteiger partial charge >= 0.3 is 0 Å². The lowest BCUT2D eigenvalue weighted by Gasteiger charge is -1.99. The highest BCUT2D eigenvalue weighted by Gasteiger charge is 2.07. The lowest BCUT2D eigenvalue weighted by Crippen LogP contribution is -1.85. The number of benzene rings is 2. The van der Waals surface area contributed by atoms with Crippen molar-refractivity contribution in [3.8, 4) is 10.6 Å². The number of hydrogen-bond donors (Lipinski definition) is 1. The van der Waals surface area contributed by atoms with Gasteiger partial charge in [-0.25, -0.2) is 4.98 Å². The Morgan fingerprint density at radius 1 is 1.17 bits per heavy atom. The fraction of sp³-hybridized carbons (Fsp3) is 0.0714. The van der Waals surface area contributed by atoms with Gasteiger partial charge in [-0.15, -0.1) is 11.3 Å². The average Bonchev–Trinajstić information content (AvgIpc) is 2.70. The van der Waals surface area contributed by atoms with Crippen molar-refractivity contribution in [1.82, 2.24) is 4.98 Å². The molecule has 2 nitrogen and oxygen atoms in total. The maximum atomic E-state index is 6.02. The van der Waals surface area contributed by atoms with Crippen molar-refractivity contribution in [2.24, 2.45) is 0 Å². The molecule has 0 unspecified atom stereocenters. The smallest absolute Gasteiger partial charge is 0.124 e. The van der Waals surface area contributed by atoms with Crippen LogP contribution in [0.4, 0.5) is 5.69 Å². The highest BCUT2D eigenvalue weighted by atomic mass is 35.5. The maximum Gasteiger partial charge on any atom is 0.124 e. The zero-order valence-electron chi connectivity index (χ0n) is 9.77. The van der Waals surface area contributed by atoms with Crippen LogP contribution in [0.2, 0.25) is 5.02 Å². The molecule has 0 radical (unpaired) electrons. The monoisotopic (exact) mass is 274 g/mol. The molecule has 0 bridgehead atoms. The summed E-state index contributed by atoms with van der Waals surface area (Å²) < 4.78 is 1.18. The Labute approximate surface area is 114 Å². The number of hydrogen-bond acceptors (Lipinski definition) is 3. The third-order valence-electron chi connectivity index (χ3n) is 2.71. The SMILES string of the molecule is Cc1ccc2sc(-c3cc(N)cc(Cl)c3)nc2c1. The van der Waals surface area contributed by atoms with Crippen molar-refractivity contribution in [2.75, 3.05) is 5.73 Å². The van der Waals surface area contributed by atoms with Crippen LogP contribution in [0.3, 0.4) is 0 Å². The topological polar surface area (TPSA) is 38.9 Å². The number of rotatable bonds is 1. The van der Waals surface area contributed by atoms with Crippen LogP contribution in [0.5, 0.6) is 0 Å². The van der Waals surface area contributed by atoms with E-state index in [-0.39, 0.29) is 0 Å². The fourth-order valence-electron chi connectivity index (χ4n) is 1.90. The first kappa shape index (κ1) is 11.5. The lowest BCUT2D eigenvalue weighted by molar-refractivity contribution is 1.44. The minimum absolute atomic E-state index is 0.639. The van der Waals surface area contributed by atoms with Gasteiger partial charge in [0, 0.05) is 16.3 Å². The summed E-state index contributed by atoms with van der Waals surface area (Å²) in [4.78, 5) is 4.63. The van der Waals surface area contributed by atoms with E-state index in [0.717, 1.165) is 16.1 Å². The summed E-state index contributed by atoms with van der Waals surface area (Å²) in [6.07, 6.45) is 0. The average molecular weight is 275 g/mol. The number of thiazole rings is 1. The van der Waals surface area contributed by atoms with E-state index in [2.05, 4.69) is 30.1 Å². The zero-order valence-corrected chi connectivity index (χ0v) is 11.3. The third-order valence-corrected chi connectivity index (χ3v) is 4.01. The molecule has 0 spiro atoms. The summed E-state index contributed by atoms with van der Waals surface area (Å²) in [7, 11) is 0.